The van der Waals surface area contributed by atoms with Crippen molar-refractivity contribution < 1.29 is 19.1 Å². The van der Waals surface area contributed by atoms with E-state index in [0.29, 0.717) is 26.1 Å². The van der Waals surface area contributed by atoms with Gasteiger partial charge < -0.3 is 9.47 Å². The maximum absolute atomic E-state index is 12.9. The molecule has 4 heteroatoms. The Kier molecular flexibility index (Phi) is 18.3. The van der Waals surface area contributed by atoms with E-state index >= 15 is 0 Å². The van der Waals surface area contributed by atoms with Gasteiger partial charge in [-0.05, 0) is 37.5 Å². The van der Waals surface area contributed by atoms with E-state index in [1.807, 2.05) is 0 Å². The molecule has 0 N–H and O–H groups in total. The Morgan fingerprint density at radius 1 is 0.543 bits per heavy atom. The van der Waals surface area contributed by atoms with Gasteiger partial charge in [0.15, 0.2) is 5.41 Å². The Morgan fingerprint density at radius 2 is 0.857 bits per heavy atom. The van der Waals surface area contributed by atoms with E-state index in [4.69, 9.17) is 9.47 Å². The van der Waals surface area contributed by atoms with Crippen LogP contribution in [-0.4, -0.2) is 25.2 Å². The van der Waals surface area contributed by atoms with Crippen LogP contribution in [0.5, 0.6) is 0 Å². The van der Waals surface area contributed by atoms with Gasteiger partial charge in [-0.3, -0.25) is 9.59 Å². The second-order valence-electron chi connectivity index (χ2n) is 11.9. The molecule has 1 saturated carbocycles. The molecule has 0 amide bonds. The molecule has 4 nitrogen and oxygen atoms in total. The predicted octanol–water partition coefficient (Wildman–Crippen LogP) is 9.19. The highest BCUT2D eigenvalue weighted by Gasteiger charge is 2.50. The normalized spacial score (nSPS) is 15.1. The van der Waals surface area contributed by atoms with Gasteiger partial charge in [-0.15, -0.1) is 0 Å². The van der Waals surface area contributed by atoms with Gasteiger partial charge in [0.05, 0.1) is 13.2 Å². The Hall–Kier alpha value is -1.06. The van der Waals surface area contributed by atoms with Crippen molar-refractivity contribution in [3.05, 3.63) is 0 Å². The number of hydrogen-bond donors (Lipinski definition) is 0. The first-order valence-electron chi connectivity index (χ1n) is 15.2. The van der Waals surface area contributed by atoms with Crippen LogP contribution in [0, 0.1) is 17.3 Å². The third-order valence-corrected chi connectivity index (χ3v) is 7.56. The fourth-order valence-electron chi connectivity index (χ4n) is 5.15. The summed E-state index contributed by atoms with van der Waals surface area (Å²) in [4.78, 5) is 25.7. The lowest BCUT2D eigenvalue weighted by atomic mass is 9.86. The molecule has 0 bridgehead atoms. The van der Waals surface area contributed by atoms with Crippen molar-refractivity contribution in [1.29, 1.82) is 0 Å². The van der Waals surface area contributed by atoms with E-state index in [-0.39, 0.29) is 11.9 Å². The Morgan fingerprint density at radius 3 is 1.20 bits per heavy atom. The Labute approximate surface area is 217 Å². The third kappa shape index (κ3) is 14.9. The molecule has 1 aliphatic rings. The zero-order valence-electron chi connectivity index (χ0n) is 23.8. The van der Waals surface area contributed by atoms with Crippen molar-refractivity contribution >= 4 is 11.9 Å². The smallest absolute Gasteiger partial charge is 0.323 e. The van der Waals surface area contributed by atoms with E-state index in [0.717, 1.165) is 50.4 Å². The molecular weight excluding hydrogens is 436 g/mol. The molecule has 0 aromatic rings. The molecule has 0 spiro atoms. The zero-order valence-corrected chi connectivity index (χ0v) is 23.8. The number of ether oxygens (including phenoxy) is 2. The fraction of sp³-hybridized carbons (Fsp3) is 0.935. The molecule has 0 unspecified atom stereocenters. The highest BCUT2D eigenvalue weighted by Crippen LogP contribution is 2.40. The van der Waals surface area contributed by atoms with Crippen LogP contribution in [0.3, 0.4) is 0 Å². The van der Waals surface area contributed by atoms with Crippen molar-refractivity contribution in [2.75, 3.05) is 13.2 Å². The van der Waals surface area contributed by atoms with Crippen LogP contribution in [0.1, 0.15) is 156 Å². The summed E-state index contributed by atoms with van der Waals surface area (Å²) in [5.74, 6) is 0.943. The van der Waals surface area contributed by atoms with E-state index in [9.17, 15) is 9.59 Å². The minimum Gasteiger partial charge on any atom is -0.465 e. The van der Waals surface area contributed by atoms with Crippen LogP contribution in [0.15, 0.2) is 0 Å². The summed E-state index contributed by atoms with van der Waals surface area (Å²) < 4.78 is 11.2. The summed E-state index contributed by atoms with van der Waals surface area (Å²) in [6, 6.07) is 0. The van der Waals surface area contributed by atoms with Crippen LogP contribution in [0.2, 0.25) is 0 Å². The van der Waals surface area contributed by atoms with Crippen molar-refractivity contribution in [3.63, 3.8) is 0 Å². The van der Waals surface area contributed by atoms with E-state index in [2.05, 4.69) is 27.7 Å². The highest BCUT2D eigenvalue weighted by molar-refractivity contribution is 6.00. The first kappa shape index (κ1) is 32.0. The molecule has 206 valence electrons. The second kappa shape index (κ2) is 20.0. The summed E-state index contributed by atoms with van der Waals surface area (Å²) in [5.41, 5.74) is -1.03. The molecule has 35 heavy (non-hydrogen) atoms. The molecule has 0 aromatic carbocycles. The summed E-state index contributed by atoms with van der Waals surface area (Å²) in [6.07, 6.45) is 22.5. The quantitative estimate of drug-likeness (QED) is 0.0855. The lowest BCUT2D eigenvalue weighted by Crippen LogP contribution is -2.40. The van der Waals surface area contributed by atoms with Gasteiger partial charge in [0, 0.05) is 0 Å². The molecule has 0 aliphatic heterocycles. The first-order valence-corrected chi connectivity index (χ1v) is 15.2. The van der Waals surface area contributed by atoms with Crippen molar-refractivity contribution in [3.8, 4) is 0 Å². The lowest BCUT2D eigenvalue weighted by Gasteiger charge is -2.24. The molecule has 1 aliphatic carbocycles. The summed E-state index contributed by atoms with van der Waals surface area (Å²) in [5, 5.41) is 0. The topological polar surface area (TPSA) is 52.6 Å². The van der Waals surface area contributed by atoms with Gasteiger partial charge in [-0.1, -0.05) is 130 Å². The number of unbranched alkanes of at least 4 members (excludes halogenated alkanes) is 12. The van der Waals surface area contributed by atoms with Gasteiger partial charge in [0.1, 0.15) is 0 Å². The van der Waals surface area contributed by atoms with Crippen molar-refractivity contribution in [1.82, 2.24) is 0 Å². The minimum absolute atomic E-state index is 0.338. The standard InChI is InChI=1S/C31H58O4/c1-27(2)21-15-11-7-5-9-13-19-25-34-29(32)31(23-17-18-24-31)30(33)35-26-20-14-10-6-8-12-16-22-28(3)4/h27-28H,5-26H2,1-4H3. The van der Waals surface area contributed by atoms with E-state index in [1.165, 1.54) is 77.0 Å². The number of carbonyl (C=O) groups is 2. The SMILES string of the molecule is CC(C)CCCCCCCCCOC(=O)C1(C(=O)OCCCCCCCCCC(C)C)CCCC1. The molecule has 0 aromatic heterocycles. The molecule has 0 atom stereocenters. The molecule has 1 rings (SSSR count). The molecule has 0 radical (unpaired) electrons. The number of carbonyl (C=O) groups excluding carboxylic acids is 2. The third-order valence-electron chi connectivity index (χ3n) is 7.56. The monoisotopic (exact) mass is 494 g/mol. The van der Waals surface area contributed by atoms with Crippen molar-refractivity contribution in [2.45, 2.75) is 156 Å². The summed E-state index contributed by atoms with van der Waals surface area (Å²) in [6.45, 7) is 10.0. The van der Waals surface area contributed by atoms with E-state index < -0.39 is 5.41 Å². The van der Waals surface area contributed by atoms with Gasteiger partial charge in [-0.25, -0.2) is 0 Å². The fourth-order valence-corrected chi connectivity index (χ4v) is 5.15. The number of rotatable bonds is 22. The maximum atomic E-state index is 12.9. The molecular formula is C31H58O4. The first-order chi connectivity index (χ1) is 16.9. The maximum Gasteiger partial charge on any atom is 0.323 e. The summed E-state index contributed by atoms with van der Waals surface area (Å²) >= 11 is 0. The van der Waals surface area contributed by atoms with Gasteiger partial charge in [0.2, 0.25) is 0 Å². The van der Waals surface area contributed by atoms with Crippen molar-refractivity contribution in [2.24, 2.45) is 17.3 Å². The largest absolute Gasteiger partial charge is 0.465 e. The Balaban J connectivity index is 2.12. The van der Waals surface area contributed by atoms with Gasteiger partial charge in [0.25, 0.3) is 0 Å². The molecule has 0 heterocycles. The van der Waals surface area contributed by atoms with Gasteiger partial charge >= 0.3 is 11.9 Å². The predicted molar refractivity (Wildman–Crippen MR) is 146 cm³/mol. The molecule has 0 saturated heterocycles. The average Bonchev–Trinajstić information content (AvgIpc) is 3.32. The highest BCUT2D eigenvalue weighted by atomic mass is 16.6. The van der Waals surface area contributed by atoms with E-state index in [1.54, 1.807) is 0 Å². The second-order valence-corrected chi connectivity index (χ2v) is 11.9. The van der Waals surface area contributed by atoms with Crippen LogP contribution in [0.4, 0.5) is 0 Å². The number of esters is 2. The Bertz CT molecular complexity index is 492. The lowest BCUT2D eigenvalue weighted by molar-refractivity contribution is -0.172. The van der Waals surface area contributed by atoms with Crippen LogP contribution in [-0.2, 0) is 19.1 Å². The number of hydrogen-bond acceptors (Lipinski definition) is 4. The van der Waals surface area contributed by atoms with Crippen LogP contribution >= 0.6 is 0 Å². The summed E-state index contributed by atoms with van der Waals surface area (Å²) in [7, 11) is 0. The zero-order chi connectivity index (χ0) is 25.8. The minimum atomic E-state index is -1.03. The van der Waals surface area contributed by atoms with Crippen LogP contribution < -0.4 is 0 Å². The average molecular weight is 495 g/mol. The van der Waals surface area contributed by atoms with Gasteiger partial charge in [-0.2, -0.15) is 0 Å². The molecule has 1 fully saturated rings. The van der Waals surface area contributed by atoms with Crippen LogP contribution in [0.25, 0.3) is 0 Å².